The molecule has 0 bridgehead atoms. The minimum Gasteiger partial charge on any atom is -0.488 e. The highest BCUT2D eigenvalue weighted by Crippen LogP contribution is 2.35. The zero-order chi connectivity index (χ0) is 33.1. The summed E-state index contributed by atoms with van der Waals surface area (Å²) in [5.41, 5.74) is 2.87. The van der Waals surface area contributed by atoms with Crippen LogP contribution in [0.1, 0.15) is 35.2 Å². The van der Waals surface area contributed by atoms with E-state index in [0.29, 0.717) is 41.9 Å². The maximum atomic E-state index is 14.1. The Morgan fingerprint density at radius 3 is 2.45 bits per heavy atom. The first-order valence-electron chi connectivity index (χ1n) is 14.4. The van der Waals surface area contributed by atoms with Crippen molar-refractivity contribution in [2.24, 2.45) is 4.99 Å². The fourth-order valence-corrected chi connectivity index (χ4v) is 6.66. The molecule has 0 saturated heterocycles. The van der Waals surface area contributed by atoms with Gasteiger partial charge in [-0.2, -0.15) is 0 Å². The average Bonchev–Trinajstić information content (AvgIpc) is 3.38. The number of ether oxygens (including phenoxy) is 2. The molecule has 47 heavy (non-hydrogen) atoms. The van der Waals surface area contributed by atoms with Gasteiger partial charge < -0.3 is 9.47 Å². The van der Waals surface area contributed by atoms with Crippen LogP contribution >= 0.6 is 27.3 Å². The Morgan fingerprint density at radius 2 is 1.79 bits per heavy atom. The first kappa shape index (κ1) is 31.8. The van der Waals surface area contributed by atoms with E-state index in [1.165, 1.54) is 40.2 Å². The number of carbonyl (C=O) groups is 1. The van der Waals surface area contributed by atoms with E-state index in [4.69, 9.17) is 14.5 Å². The maximum absolute atomic E-state index is 14.1. The van der Waals surface area contributed by atoms with Crippen LogP contribution in [0, 0.1) is 15.9 Å². The number of fused-ring (bicyclic) bond motifs is 1. The van der Waals surface area contributed by atoms with Gasteiger partial charge in [-0.05, 0) is 82.0 Å². The number of nitrogens with zero attached hydrogens (tertiary/aromatic N) is 3. The Balaban J connectivity index is 1.41. The van der Waals surface area contributed by atoms with Crippen molar-refractivity contribution in [3.8, 4) is 5.75 Å². The first-order chi connectivity index (χ1) is 22.7. The lowest BCUT2D eigenvalue weighted by atomic mass is 9.93. The van der Waals surface area contributed by atoms with Crippen LogP contribution in [0.3, 0.4) is 0 Å². The standard InChI is InChI=1S/C35H25BrFN3O6S/c1-2-45-34(42)30-31(23-6-4-3-5-7-23)38-35-39(32(30)24-11-13-25(37)14-12-24)33(41)29(47-35)19-22-10-17-28(27(36)18-22)46-20-21-8-15-26(16-9-21)40(43)44/h3-19,32H,2,20H2,1H3/b29-19-/t32-/m1/s1. The normalized spacial score (nSPS) is 14.4. The van der Waals surface area contributed by atoms with Crippen molar-refractivity contribution in [1.82, 2.24) is 4.57 Å². The zero-order valence-electron chi connectivity index (χ0n) is 24.8. The molecule has 1 atom stereocenters. The molecule has 0 saturated carbocycles. The Morgan fingerprint density at radius 1 is 1.06 bits per heavy atom. The van der Waals surface area contributed by atoms with Gasteiger partial charge in [0.1, 0.15) is 18.2 Å². The second-order valence-electron chi connectivity index (χ2n) is 10.4. The van der Waals surface area contributed by atoms with Crippen molar-refractivity contribution in [2.45, 2.75) is 19.6 Å². The van der Waals surface area contributed by atoms with Crippen molar-refractivity contribution in [3.63, 3.8) is 0 Å². The van der Waals surface area contributed by atoms with Gasteiger partial charge in [0.15, 0.2) is 4.80 Å². The van der Waals surface area contributed by atoms with E-state index in [1.807, 2.05) is 30.3 Å². The fourth-order valence-electron chi connectivity index (χ4n) is 5.15. The second-order valence-corrected chi connectivity index (χ2v) is 12.2. The lowest BCUT2D eigenvalue weighted by Gasteiger charge is -2.25. The maximum Gasteiger partial charge on any atom is 0.338 e. The molecule has 5 aromatic rings. The van der Waals surface area contributed by atoms with Crippen LogP contribution in [0.5, 0.6) is 5.75 Å². The van der Waals surface area contributed by atoms with E-state index < -0.39 is 22.8 Å². The quantitative estimate of drug-likeness (QED) is 0.100. The van der Waals surface area contributed by atoms with E-state index >= 15 is 0 Å². The molecule has 0 N–H and O–H groups in total. The monoisotopic (exact) mass is 713 g/mol. The lowest BCUT2D eigenvalue weighted by molar-refractivity contribution is -0.384. The van der Waals surface area contributed by atoms with Gasteiger partial charge in [-0.25, -0.2) is 14.2 Å². The third-order valence-electron chi connectivity index (χ3n) is 7.35. The molecule has 4 aromatic carbocycles. The number of rotatable bonds is 9. The Hall–Kier alpha value is -5.20. The number of carbonyl (C=O) groups excluding carboxylic acids is 1. The fraction of sp³-hybridized carbons (Fsp3) is 0.114. The van der Waals surface area contributed by atoms with Crippen molar-refractivity contribution < 1.29 is 23.6 Å². The summed E-state index contributed by atoms with van der Waals surface area (Å²) in [4.78, 5) is 43.3. The minimum absolute atomic E-state index is 0.00181. The van der Waals surface area contributed by atoms with E-state index in [-0.39, 0.29) is 30.0 Å². The predicted molar refractivity (Wildman–Crippen MR) is 179 cm³/mol. The smallest absolute Gasteiger partial charge is 0.338 e. The molecule has 236 valence electrons. The number of hydrogen-bond acceptors (Lipinski definition) is 8. The van der Waals surface area contributed by atoms with Crippen molar-refractivity contribution in [2.75, 3.05) is 6.61 Å². The van der Waals surface area contributed by atoms with E-state index in [2.05, 4.69) is 15.9 Å². The molecule has 0 fully saturated rings. The number of nitro groups is 1. The second kappa shape index (κ2) is 13.7. The number of non-ortho nitro benzene ring substituents is 1. The number of benzene rings is 4. The average molecular weight is 715 g/mol. The van der Waals surface area contributed by atoms with Gasteiger partial charge in [0, 0.05) is 17.7 Å². The summed E-state index contributed by atoms with van der Waals surface area (Å²) < 4.78 is 27.8. The molecule has 6 rings (SSSR count). The first-order valence-corrected chi connectivity index (χ1v) is 16.0. The number of hydrogen-bond donors (Lipinski definition) is 0. The summed E-state index contributed by atoms with van der Waals surface area (Å²) >= 11 is 4.72. The van der Waals surface area contributed by atoms with Gasteiger partial charge in [0.25, 0.3) is 11.2 Å². The number of halogens is 2. The van der Waals surface area contributed by atoms with Gasteiger partial charge in [0.2, 0.25) is 0 Å². The Labute approximate surface area is 279 Å². The summed E-state index contributed by atoms with van der Waals surface area (Å²) in [6.07, 6.45) is 1.73. The minimum atomic E-state index is -0.912. The van der Waals surface area contributed by atoms with Crippen molar-refractivity contribution in [1.29, 1.82) is 0 Å². The van der Waals surface area contributed by atoms with Crippen LogP contribution in [0.25, 0.3) is 11.8 Å². The molecule has 1 aromatic heterocycles. The largest absolute Gasteiger partial charge is 0.488 e. The Bertz CT molecular complexity index is 2200. The highest BCUT2D eigenvalue weighted by Gasteiger charge is 2.35. The molecular formula is C35H25BrFN3O6S. The molecule has 0 unspecified atom stereocenters. The molecule has 0 aliphatic carbocycles. The van der Waals surface area contributed by atoms with Crippen LogP contribution in [-0.4, -0.2) is 22.1 Å². The molecule has 0 amide bonds. The van der Waals surface area contributed by atoms with Gasteiger partial charge in [-0.15, -0.1) is 0 Å². The number of thiazole rings is 1. The summed E-state index contributed by atoms with van der Waals surface area (Å²) in [6, 6.07) is 25.4. The summed E-state index contributed by atoms with van der Waals surface area (Å²) in [6.45, 7) is 2.02. The van der Waals surface area contributed by atoms with E-state index in [1.54, 1.807) is 55.5 Å². The molecular weight excluding hydrogens is 689 g/mol. The molecule has 12 heteroatoms. The third kappa shape index (κ3) is 6.69. The molecule has 0 radical (unpaired) electrons. The highest BCUT2D eigenvalue weighted by atomic mass is 79.9. The van der Waals surface area contributed by atoms with Gasteiger partial charge >= 0.3 is 5.97 Å². The van der Waals surface area contributed by atoms with Crippen LogP contribution in [0.2, 0.25) is 0 Å². The number of esters is 1. The zero-order valence-corrected chi connectivity index (χ0v) is 27.2. The van der Waals surface area contributed by atoms with Crippen LogP contribution in [-0.2, 0) is 16.1 Å². The summed E-state index contributed by atoms with van der Waals surface area (Å²) in [7, 11) is 0. The van der Waals surface area contributed by atoms with Gasteiger partial charge in [0.05, 0.1) is 37.8 Å². The van der Waals surface area contributed by atoms with E-state index in [9.17, 15) is 24.1 Å². The Kier molecular flexibility index (Phi) is 9.23. The van der Waals surface area contributed by atoms with Crippen LogP contribution < -0.4 is 19.6 Å². The summed E-state index contributed by atoms with van der Waals surface area (Å²) in [5.74, 6) is -0.520. The highest BCUT2D eigenvalue weighted by molar-refractivity contribution is 9.10. The number of aromatic nitrogens is 1. The SMILES string of the molecule is CCOC(=O)C1=C(c2ccccc2)N=c2s/c(=C\c3ccc(OCc4ccc([N+](=O)[O-])cc4)c(Br)c3)c(=O)n2[C@@H]1c1ccc(F)cc1. The summed E-state index contributed by atoms with van der Waals surface area (Å²) in [5, 5.41) is 10.9. The molecule has 9 nitrogen and oxygen atoms in total. The van der Waals surface area contributed by atoms with E-state index in [0.717, 1.165) is 5.56 Å². The number of nitro benzene ring substituents is 1. The van der Waals surface area contributed by atoms with Crippen LogP contribution in [0.4, 0.5) is 10.1 Å². The van der Waals surface area contributed by atoms with Gasteiger partial charge in [-0.3, -0.25) is 19.5 Å². The molecule has 1 aliphatic heterocycles. The lowest BCUT2D eigenvalue weighted by Crippen LogP contribution is -2.40. The molecule has 0 spiro atoms. The molecule has 2 heterocycles. The van der Waals surface area contributed by atoms with Crippen molar-refractivity contribution >= 4 is 50.7 Å². The predicted octanol–water partition coefficient (Wildman–Crippen LogP) is 6.32. The topological polar surface area (TPSA) is 113 Å². The molecule has 1 aliphatic rings. The van der Waals surface area contributed by atoms with Crippen LogP contribution in [0.15, 0.2) is 117 Å². The van der Waals surface area contributed by atoms with Gasteiger partial charge in [-0.1, -0.05) is 59.9 Å². The third-order valence-corrected chi connectivity index (χ3v) is 8.96. The van der Waals surface area contributed by atoms with Crippen molar-refractivity contribution in [3.05, 3.63) is 165 Å².